The molecule has 2 aromatic carbocycles. The van der Waals surface area contributed by atoms with E-state index in [0.29, 0.717) is 6.54 Å². The molecule has 0 bridgehead atoms. The predicted molar refractivity (Wildman–Crippen MR) is 160 cm³/mol. The number of rotatable bonds is 15. The Labute approximate surface area is 228 Å². The summed E-state index contributed by atoms with van der Waals surface area (Å²) < 4.78 is 0. The zero-order valence-electron chi connectivity index (χ0n) is 24.3. The number of hydrogen-bond acceptors (Lipinski definition) is 1. The molecule has 1 amide bonds. The monoisotopic (exact) mass is 503 g/mol. The molecule has 0 spiro atoms. The Hall–Kier alpha value is -2.09. The maximum Gasteiger partial charge on any atom is 0.222 e. The molecule has 0 saturated heterocycles. The molecule has 0 aliphatic heterocycles. The van der Waals surface area contributed by atoms with Gasteiger partial charge in [-0.05, 0) is 78.2 Å². The van der Waals surface area contributed by atoms with Gasteiger partial charge in [0, 0.05) is 12.5 Å². The fourth-order valence-electron chi connectivity index (χ4n) is 6.02. The molecule has 0 radical (unpaired) electrons. The van der Waals surface area contributed by atoms with Gasteiger partial charge >= 0.3 is 0 Å². The summed E-state index contributed by atoms with van der Waals surface area (Å²) in [5.74, 6) is 1.89. The zero-order chi connectivity index (χ0) is 26.5. The zero-order valence-corrected chi connectivity index (χ0v) is 24.3. The van der Waals surface area contributed by atoms with Gasteiger partial charge in [0.15, 0.2) is 0 Å². The Morgan fingerprint density at radius 3 is 2.19 bits per heavy atom. The summed E-state index contributed by atoms with van der Waals surface area (Å²) in [6.45, 7) is 9.12. The minimum Gasteiger partial charge on any atom is -0.356 e. The van der Waals surface area contributed by atoms with Crippen LogP contribution in [-0.4, -0.2) is 12.5 Å². The Balaban J connectivity index is 1.46. The standard InChI is InChI=1S/C35H53NO/c1-5-7-8-9-10-11-12-13-28-14-17-31(18-15-28)32-19-21-33(22-20-32)34-23-16-29(26-30(34)6-2)24-25-36-35(37)27(3)4/h16,19-23,26-28,31H,5-15,17-18,24-25H2,1-4H3,(H,36,37). The molecular weight excluding hydrogens is 450 g/mol. The summed E-state index contributed by atoms with van der Waals surface area (Å²) >= 11 is 0. The lowest BCUT2D eigenvalue weighted by Crippen LogP contribution is -2.29. The predicted octanol–water partition coefficient (Wildman–Crippen LogP) is 9.65. The fraction of sp³-hybridized carbons (Fsp3) is 0.629. The van der Waals surface area contributed by atoms with E-state index in [1.165, 1.54) is 105 Å². The minimum atomic E-state index is 0.0430. The van der Waals surface area contributed by atoms with Gasteiger partial charge < -0.3 is 5.32 Å². The third-order valence-corrected chi connectivity index (χ3v) is 8.54. The number of amides is 1. The molecule has 1 N–H and O–H groups in total. The number of carbonyl (C=O) groups excluding carboxylic acids is 1. The molecule has 0 heterocycles. The molecule has 2 aromatic rings. The van der Waals surface area contributed by atoms with Gasteiger partial charge in [-0.1, -0.05) is 122 Å². The molecule has 1 fully saturated rings. The third kappa shape index (κ3) is 9.62. The van der Waals surface area contributed by atoms with Crippen LogP contribution in [0.4, 0.5) is 0 Å². The van der Waals surface area contributed by atoms with Crippen LogP contribution in [0.15, 0.2) is 42.5 Å². The molecule has 1 saturated carbocycles. The number of hydrogen-bond donors (Lipinski definition) is 1. The van der Waals surface area contributed by atoms with Crippen molar-refractivity contribution in [3.63, 3.8) is 0 Å². The first kappa shape index (κ1) is 29.5. The Bertz CT molecular complexity index is 921. The maximum absolute atomic E-state index is 11.8. The first-order chi connectivity index (χ1) is 18.0. The first-order valence-electron chi connectivity index (χ1n) is 15.5. The van der Waals surface area contributed by atoms with E-state index in [9.17, 15) is 4.79 Å². The number of aryl methyl sites for hydroxylation is 1. The molecule has 1 aliphatic rings. The summed E-state index contributed by atoms with van der Waals surface area (Å²) in [6, 6.07) is 16.3. The summed E-state index contributed by atoms with van der Waals surface area (Å²) in [5.41, 5.74) is 6.91. The Morgan fingerprint density at radius 1 is 0.865 bits per heavy atom. The van der Waals surface area contributed by atoms with E-state index in [1.54, 1.807) is 0 Å². The lowest BCUT2D eigenvalue weighted by atomic mass is 9.77. The minimum absolute atomic E-state index is 0.0430. The number of carbonyl (C=O) groups is 1. The van der Waals surface area contributed by atoms with Crippen LogP contribution in [-0.2, 0) is 17.6 Å². The third-order valence-electron chi connectivity index (χ3n) is 8.54. The van der Waals surface area contributed by atoms with Crippen molar-refractivity contribution >= 4 is 5.91 Å². The van der Waals surface area contributed by atoms with Gasteiger partial charge in [-0.2, -0.15) is 0 Å². The maximum atomic E-state index is 11.8. The quantitative estimate of drug-likeness (QED) is 0.241. The lowest BCUT2D eigenvalue weighted by Gasteiger charge is -2.29. The SMILES string of the molecule is CCCCCCCCCC1CCC(c2ccc(-c3ccc(CCNC(=O)C(C)C)cc3CC)cc2)CC1. The van der Waals surface area contributed by atoms with Crippen molar-refractivity contribution in [3.05, 3.63) is 59.2 Å². The Morgan fingerprint density at radius 2 is 1.54 bits per heavy atom. The average Bonchev–Trinajstić information content (AvgIpc) is 2.93. The van der Waals surface area contributed by atoms with Crippen molar-refractivity contribution in [1.29, 1.82) is 0 Å². The number of benzene rings is 2. The molecule has 0 atom stereocenters. The highest BCUT2D eigenvalue weighted by atomic mass is 16.1. The van der Waals surface area contributed by atoms with Crippen molar-refractivity contribution in [1.82, 2.24) is 5.32 Å². The summed E-state index contributed by atoms with van der Waals surface area (Å²) in [7, 11) is 0. The molecule has 0 unspecified atom stereocenters. The molecule has 2 heteroatoms. The average molecular weight is 504 g/mol. The largest absolute Gasteiger partial charge is 0.356 e. The van der Waals surface area contributed by atoms with Crippen molar-refractivity contribution in [2.24, 2.45) is 11.8 Å². The van der Waals surface area contributed by atoms with Gasteiger partial charge in [-0.25, -0.2) is 0 Å². The molecule has 1 aliphatic carbocycles. The van der Waals surface area contributed by atoms with E-state index in [1.807, 2.05) is 13.8 Å². The van der Waals surface area contributed by atoms with Crippen molar-refractivity contribution in [2.45, 2.75) is 124 Å². The van der Waals surface area contributed by atoms with Gasteiger partial charge in [0.25, 0.3) is 0 Å². The summed E-state index contributed by atoms with van der Waals surface area (Å²) in [5, 5.41) is 3.04. The van der Waals surface area contributed by atoms with Crippen LogP contribution in [0.2, 0.25) is 0 Å². The normalized spacial score (nSPS) is 17.8. The van der Waals surface area contributed by atoms with Crippen LogP contribution in [0.3, 0.4) is 0 Å². The second-order valence-electron chi connectivity index (χ2n) is 11.8. The smallest absolute Gasteiger partial charge is 0.222 e. The second kappa shape index (κ2) is 16.0. The topological polar surface area (TPSA) is 29.1 Å². The van der Waals surface area contributed by atoms with Crippen molar-refractivity contribution < 1.29 is 4.79 Å². The van der Waals surface area contributed by atoms with Crippen LogP contribution < -0.4 is 5.32 Å². The molecule has 0 aromatic heterocycles. The van der Waals surface area contributed by atoms with Crippen molar-refractivity contribution in [2.75, 3.05) is 6.54 Å². The highest BCUT2D eigenvalue weighted by Gasteiger charge is 2.22. The first-order valence-corrected chi connectivity index (χ1v) is 15.5. The number of nitrogens with one attached hydrogen (secondary N) is 1. The molecule has 204 valence electrons. The summed E-state index contributed by atoms with van der Waals surface area (Å²) in [6.07, 6.45) is 18.9. The molecule has 37 heavy (non-hydrogen) atoms. The van der Waals surface area contributed by atoms with Gasteiger partial charge in [0.2, 0.25) is 5.91 Å². The molecule has 3 rings (SSSR count). The van der Waals surface area contributed by atoms with E-state index in [-0.39, 0.29) is 11.8 Å². The van der Waals surface area contributed by atoms with Crippen LogP contribution >= 0.6 is 0 Å². The van der Waals surface area contributed by atoms with Crippen LogP contribution in [0.5, 0.6) is 0 Å². The van der Waals surface area contributed by atoms with E-state index >= 15 is 0 Å². The Kier molecular flexibility index (Phi) is 12.7. The molecule has 2 nitrogen and oxygen atoms in total. The highest BCUT2D eigenvalue weighted by molar-refractivity contribution is 5.77. The van der Waals surface area contributed by atoms with E-state index in [4.69, 9.17) is 0 Å². The van der Waals surface area contributed by atoms with Crippen molar-refractivity contribution in [3.8, 4) is 11.1 Å². The second-order valence-corrected chi connectivity index (χ2v) is 11.8. The van der Waals surface area contributed by atoms with Gasteiger partial charge in [-0.3, -0.25) is 4.79 Å². The lowest BCUT2D eigenvalue weighted by molar-refractivity contribution is -0.123. The number of unbranched alkanes of at least 4 members (excludes halogenated alkanes) is 6. The van der Waals surface area contributed by atoms with Gasteiger partial charge in [0.05, 0.1) is 0 Å². The molecular formula is C35H53NO. The van der Waals surface area contributed by atoms with E-state index in [0.717, 1.165) is 24.7 Å². The van der Waals surface area contributed by atoms with Gasteiger partial charge in [0.1, 0.15) is 0 Å². The summed E-state index contributed by atoms with van der Waals surface area (Å²) in [4.78, 5) is 11.8. The highest BCUT2D eigenvalue weighted by Crippen LogP contribution is 2.38. The van der Waals surface area contributed by atoms with Crippen LogP contribution in [0, 0.1) is 11.8 Å². The van der Waals surface area contributed by atoms with E-state index in [2.05, 4.69) is 61.6 Å². The van der Waals surface area contributed by atoms with Crippen LogP contribution in [0.25, 0.3) is 11.1 Å². The van der Waals surface area contributed by atoms with Gasteiger partial charge in [-0.15, -0.1) is 0 Å². The fourth-order valence-corrected chi connectivity index (χ4v) is 6.02. The van der Waals surface area contributed by atoms with E-state index < -0.39 is 0 Å². The van der Waals surface area contributed by atoms with Crippen LogP contribution in [0.1, 0.15) is 127 Å².